The first-order valence-electron chi connectivity index (χ1n) is 9.48. The molecular formula is C19H34N4O2. The second-order valence-electron chi connectivity index (χ2n) is 7.26. The average molecular weight is 351 g/mol. The Morgan fingerprint density at radius 3 is 2.92 bits per heavy atom. The van der Waals surface area contributed by atoms with Crippen LogP contribution in [0.15, 0.2) is 27.8 Å². The number of aliphatic imine (C=N–C) groups is 1. The van der Waals surface area contributed by atoms with Gasteiger partial charge in [-0.25, -0.2) is 4.99 Å². The van der Waals surface area contributed by atoms with Gasteiger partial charge in [0.2, 0.25) is 0 Å². The normalized spacial score (nSPS) is 23.1. The van der Waals surface area contributed by atoms with Crippen molar-refractivity contribution < 1.29 is 9.52 Å². The molecule has 1 aliphatic rings. The molecular weight excluding hydrogens is 316 g/mol. The number of piperidine rings is 1. The zero-order chi connectivity index (χ0) is 18.3. The Labute approximate surface area is 151 Å². The maximum atomic E-state index is 10.5. The maximum absolute atomic E-state index is 10.5. The lowest BCUT2D eigenvalue weighted by atomic mass is 10.0. The molecule has 3 N–H and O–H groups in total. The van der Waals surface area contributed by atoms with Gasteiger partial charge >= 0.3 is 0 Å². The highest BCUT2D eigenvalue weighted by molar-refractivity contribution is 5.79. The van der Waals surface area contributed by atoms with Gasteiger partial charge in [0.25, 0.3) is 0 Å². The van der Waals surface area contributed by atoms with E-state index in [2.05, 4.69) is 34.4 Å². The van der Waals surface area contributed by atoms with Crippen LogP contribution in [0.1, 0.15) is 52.7 Å². The standard InChI is InChI=1S/C19H34N4O2/c1-5-20-18(22-14-19(4,24)17-10-8-12-25-17)21-13-16(3)23-11-7-6-9-15(23)2/h8,10,12,15-16,24H,5-7,9,11,13-14H2,1-4H3,(H2,20,21,22). The third kappa shape index (κ3) is 5.75. The molecule has 0 aliphatic carbocycles. The number of hydrogen-bond acceptors (Lipinski definition) is 4. The van der Waals surface area contributed by atoms with E-state index in [1.54, 1.807) is 25.3 Å². The lowest BCUT2D eigenvalue weighted by Gasteiger charge is -2.38. The molecule has 0 amide bonds. The van der Waals surface area contributed by atoms with E-state index < -0.39 is 5.60 Å². The molecule has 0 aromatic carbocycles. The molecule has 3 atom stereocenters. The molecule has 1 fully saturated rings. The summed E-state index contributed by atoms with van der Waals surface area (Å²) < 4.78 is 5.31. The van der Waals surface area contributed by atoms with Crippen molar-refractivity contribution in [3.05, 3.63) is 24.2 Å². The number of rotatable bonds is 7. The highest BCUT2D eigenvalue weighted by Gasteiger charge is 2.26. The Bertz CT molecular complexity index is 528. The van der Waals surface area contributed by atoms with E-state index in [-0.39, 0.29) is 6.54 Å². The van der Waals surface area contributed by atoms with Gasteiger partial charge < -0.3 is 20.2 Å². The number of likely N-dealkylation sites (tertiary alicyclic amines) is 1. The lowest BCUT2D eigenvalue weighted by molar-refractivity contribution is 0.0436. The number of nitrogens with one attached hydrogen (secondary N) is 2. The summed E-state index contributed by atoms with van der Waals surface area (Å²) in [7, 11) is 0. The Kier molecular flexibility index (Phi) is 7.32. The van der Waals surface area contributed by atoms with Gasteiger partial charge in [-0.05, 0) is 59.2 Å². The zero-order valence-electron chi connectivity index (χ0n) is 16.1. The number of hydrogen-bond donors (Lipinski definition) is 3. The molecule has 0 spiro atoms. The van der Waals surface area contributed by atoms with Crippen LogP contribution in [0, 0.1) is 0 Å². The lowest BCUT2D eigenvalue weighted by Crippen LogP contribution is -2.50. The van der Waals surface area contributed by atoms with Gasteiger partial charge in [-0.15, -0.1) is 0 Å². The van der Waals surface area contributed by atoms with E-state index in [4.69, 9.17) is 4.42 Å². The quantitative estimate of drug-likeness (QED) is 0.520. The molecule has 6 nitrogen and oxygen atoms in total. The number of aliphatic hydroxyl groups is 1. The van der Waals surface area contributed by atoms with Crippen molar-refractivity contribution in [3.8, 4) is 0 Å². The minimum absolute atomic E-state index is 0.240. The van der Waals surface area contributed by atoms with Crippen LogP contribution >= 0.6 is 0 Å². The van der Waals surface area contributed by atoms with Gasteiger partial charge in [-0.3, -0.25) is 4.90 Å². The van der Waals surface area contributed by atoms with E-state index >= 15 is 0 Å². The summed E-state index contributed by atoms with van der Waals surface area (Å²) >= 11 is 0. The van der Waals surface area contributed by atoms with Crippen molar-refractivity contribution in [1.82, 2.24) is 15.5 Å². The second kappa shape index (κ2) is 9.25. The van der Waals surface area contributed by atoms with E-state index in [9.17, 15) is 5.11 Å². The second-order valence-corrected chi connectivity index (χ2v) is 7.26. The topological polar surface area (TPSA) is 73.0 Å². The largest absolute Gasteiger partial charge is 0.466 e. The Morgan fingerprint density at radius 2 is 2.28 bits per heavy atom. The minimum Gasteiger partial charge on any atom is -0.466 e. The molecule has 142 valence electrons. The molecule has 2 rings (SSSR count). The fraction of sp³-hybridized carbons (Fsp3) is 0.737. The van der Waals surface area contributed by atoms with Gasteiger partial charge in [-0.1, -0.05) is 6.42 Å². The number of nitrogens with zero attached hydrogens (tertiary/aromatic N) is 2. The van der Waals surface area contributed by atoms with Crippen LogP contribution in [0.2, 0.25) is 0 Å². The molecule has 2 heterocycles. The predicted octanol–water partition coefficient (Wildman–Crippen LogP) is 2.31. The minimum atomic E-state index is -1.11. The third-order valence-corrected chi connectivity index (χ3v) is 4.93. The molecule has 1 aromatic rings. The molecule has 0 radical (unpaired) electrons. The van der Waals surface area contributed by atoms with Crippen LogP contribution in [0.4, 0.5) is 0 Å². The van der Waals surface area contributed by atoms with E-state index in [1.165, 1.54) is 25.8 Å². The monoisotopic (exact) mass is 350 g/mol. The highest BCUT2D eigenvalue weighted by atomic mass is 16.4. The SMILES string of the molecule is CCNC(=NCC(C)(O)c1ccco1)NCC(C)N1CCCCC1C. The van der Waals surface area contributed by atoms with E-state index in [0.29, 0.717) is 17.8 Å². The summed E-state index contributed by atoms with van der Waals surface area (Å²) in [4.78, 5) is 7.11. The van der Waals surface area contributed by atoms with Gasteiger partial charge in [0, 0.05) is 25.2 Å². The Balaban J connectivity index is 1.91. The van der Waals surface area contributed by atoms with Crippen LogP contribution in [-0.2, 0) is 5.60 Å². The summed E-state index contributed by atoms with van der Waals surface area (Å²) in [6, 6.07) is 4.64. The van der Waals surface area contributed by atoms with Crippen molar-refractivity contribution in [2.75, 3.05) is 26.2 Å². The van der Waals surface area contributed by atoms with Gasteiger partial charge in [0.1, 0.15) is 11.4 Å². The van der Waals surface area contributed by atoms with Crippen LogP contribution in [0.5, 0.6) is 0 Å². The first-order valence-corrected chi connectivity index (χ1v) is 9.48. The van der Waals surface area contributed by atoms with Crippen LogP contribution < -0.4 is 10.6 Å². The van der Waals surface area contributed by atoms with Gasteiger partial charge in [0.15, 0.2) is 5.96 Å². The van der Waals surface area contributed by atoms with Gasteiger partial charge in [-0.2, -0.15) is 0 Å². The van der Waals surface area contributed by atoms with E-state index in [0.717, 1.165) is 19.0 Å². The van der Waals surface area contributed by atoms with Crippen molar-refractivity contribution >= 4 is 5.96 Å². The molecule has 0 bridgehead atoms. The molecule has 3 unspecified atom stereocenters. The molecule has 0 saturated carbocycles. The third-order valence-electron chi connectivity index (χ3n) is 4.93. The van der Waals surface area contributed by atoms with Crippen LogP contribution in [0.3, 0.4) is 0 Å². The van der Waals surface area contributed by atoms with E-state index in [1.807, 2.05) is 6.92 Å². The molecule has 25 heavy (non-hydrogen) atoms. The van der Waals surface area contributed by atoms with Crippen LogP contribution in [-0.4, -0.2) is 54.2 Å². The Morgan fingerprint density at radius 1 is 1.48 bits per heavy atom. The first kappa shape index (κ1) is 19.8. The fourth-order valence-electron chi connectivity index (χ4n) is 3.37. The summed E-state index contributed by atoms with van der Waals surface area (Å²) in [6.07, 6.45) is 5.47. The van der Waals surface area contributed by atoms with Crippen LogP contribution in [0.25, 0.3) is 0 Å². The Hall–Kier alpha value is -1.53. The number of guanidine groups is 1. The van der Waals surface area contributed by atoms with Crippen molar-refractivity contribution in [1.29, 1.82) is 0 Å². The summed E-state index contributed by atoms with van der Waals surface area (Å²) in [5.41, 5.74) is -1.11. The summed E-state index contributed by atoms with van der Waals surface area (Å²) in [6.45, 7) is 11.4. The van der Waals surface area contributed by atoms with Crippen molar-refractivity contribution in [2.24, 2.45) is 4.99 Å². The summed E-state index contributed by atoms with van der Waals surface area (Å²) in [5.74, 6) is 1.26. The zero-order valence-corrected chi connectivity index (χ0v) is 16.1. The molecule has 1 aliphatic heterocycles. The van der Waals surface area contributed by atoms with Crippen molar-refractivity contribution in [3.63, 3.8) is 0 Å². The maximum Gasteiger partial charge on any atom is 0.191 e. The smallest absolute Gasteiger partial charge is 0.191 e. The molecule has 1 saturated heterocycles. The fourth-order valence-corrected chi connectivity index (χ4v) is 3.37. The van der Waals surface area contributed by atoms with Crippen molar-refractivity contribution in [2.45, 2.75) is 64.6 Å². The average Bonchev–Trinajstić information content (AvgIpc) is 3.13. The highest BCUT2D eigenvalue weighted by Crippen LogP contribution is 2.21. The number of furan rings is 1. The predicted molar refractivity (Wildman–Crippen MR) is 102 cm³/mol. The summed E-state index contributed by atoms with van der Waals surface area (Å²) in [5, 5.41) is 17.2. The first-order chi connectivity index (χ1) is 11.9. The molecule has 6 heteroatoms. The van der Waals surface area contributed by atoms with Gasteiger partial charge in [0.05, 0.1) is 12.8 Å². The molecule has 1 aromatic heterocycles.